The number of nitrogens with two attached hydrogens (primary N) is 1. The average molecular weight is 247 g/mol. The highest BCUT2D eigenvalue weighted by Gasteiger charge is 2.25. The van der Waals surface area contributed by atoms with Gasteiger partial charge in [-0.15, -0.1) is 0 Å². The van der Waals surface area contributed by atoms with Crippen LogP contribution >= 0.6 is 0 Å². The van der Waals surface area contributed by atoms with Crippen molar-refractivity contribution in [3.8, 4) is 0 Å². The average Bonchev–Trinajstić information content (AvgIpc) is 2.38. The van der Waals surface area contributed by atoms with Crippen molar-refractivity contribution in [1.29, 1.82) is 0 Å². The molecule has 0 radical (unpaired) electrons. The fourth-order valence-electron chi connectivity index (χ4n) is 2.48. The fraction of sp³-hybridized carbons (Fsp3) is 0.571. The molecule has 1 aliphatic rings. The summed E-state index contributed by atoms with van der Waals surface area (Å²) in [6.45, 7) is 5.61. The number of aryl methyl sites for hydroxylation is 1. The van der Waals surface area contributed by atoms with Crippen LogP contribution in [0, 0.1) is 12.8 Å². The van der Waals surface area contributed by atoms with E-state index in [4.69, 9.17) is 5.73 Å². The van der Waals surface area contributed by atoms with Gasteiger partial charge in [-0.2, -0.15) is 0 Å². The zero-order valence-electron chi connectivity index (χ0n) is 11.1. The number of aromatic nitrogens is 1. The van der Waals surface area contributed by atoms with Gasteiger partial charge >= 0.3 is 0 Å². The highest BCUT2D eigenvalue weighted by Crippen LogP contribution is 2.21. The first-order chi connectivity index (χ1) is 8.58. The van der Waals surface area contributed by atoms with Gasteiger partial charge in [0.1, 0.15) is 0 Å². The Balaban J connectivity index is 1.99. The summed E-state index contributed by atoms with van der Waals surface area (Å²) in [5.41, 5.74) is 7.62. The van der Waals surface area contributed by atoms with Crippen LogP contribution in [0.4, 0.5) is 0 Å². The Morgan fingerprint density at radius 3 is 2.67 bits per heavy atom. The van der Waals surface area contributed by atoms with Gasteiger partial charge in [-0.1, -0.05) is 0 Å². The van der Waals surface area contributed by atoms with Crippen molar-refractivity contribution in [3.63, 3.8) is 0 Å². The number of hydrogen-bond donors (Lipinski definition) is 1. The number of carbonyl (C=O) groups excluding carboxylic acids is 1. The molecule has 0 saturated carbocycles. The lowest BCUT2D eigenvalue weighted by molar-refractivity contribution is 0.0680. The Kier molecular flexibility index (Phi) is 3.97. The molecule has 1 fully saturated rings. The third-order valence-electron chi connectivity index (χ3n) is 3.69. The molecule has 0 aliphatic carbocycles. The predicted molar refractivity (Wildman–Crippen MR) is 71.3 cm³/mol. The van der Waals surface area contributed by atoms with E-state index in [1.165, 1.54) is 0 Å². The first-order valence-electron chi connectivity index (χ1n) is 6.54. The molecule has 1 aromatic heterocycles. The number of pyridine rings is 1. The minimum absolute atomic E-state index is 0.0920. The largest absolute Gasteiger partial charge is 0.339 e. The maximum atomic E-state index is 12.3. The molecule has 2 N–H and O–H groups in total. The molecular formula is C14H21N3O. The van der Waals surface area contributed by atoms with Crippen LogP contribution in [0.5, 0.6) is 0 Å². The third kappa shape index (κ3) is 2.88. The summed E-state index contributed by atoms with van der Waals surface area (Å²) >= 11 is 0. The van der Waals surface area contributed by atoms with Gasteiger partial charge in [0, 0.05) is 31.5 Å². The van der Waals surface area contributed by atoms with Gasteiger partial charge in [0.15, 0.2) is 0 Å². The molecule has 4 nitrogen and oxygen atoms in total. The third-order valence-corrected chi connectivity index (χ3v) is 3.69. The molecule has 1 amide bonds. The highest BCUT2D eigenvalue weighted by molar-refractivity contribution is 5.94. The van der Waals surface area contributed by atoms with E-state index in [1.807, 2.05) is 24.8 Å². The van der Waals surface area contributed by atoms with Crippen molar-refractivity contribution in [2.75, 3.05) is 13.1 Å². The number of likely N-dealkylation sites (tertiary alicyclic amines) is 1. The summed E-state index contributed by atoms with van der Waals surface area (Å²) in [5, 5.41) is 0. The van der Waals surface area contributed by atoms with Gasteiger partial charge < -0.3 is 10.6 Å². The van der Waals surface area contributed by atoms with Crippen LogP contribution < -0.4 is 5.73 Å². The van der Waals surface area contributed by atoms with Crippen LogP contribution in [-0.2, 0) is 0 Å². The van der Waals surface area contributed by atoms with Crippen LogP contribution in [0.2, 0.25) is 0 Å². The molecule has 1 aromatic rings. The summed E-state index contributed by atoms with van der Waals surface area (Å²) < 4.78 is 0. The lowest BCUT2D eigenvalue weighted by Crippen LogP contribution is -2.42. The van der Waals surface area contributed by atoms with E-state index in [-0.39, 0.29) is 11.9 Å². The summed E-state index contributed by atoms with van der Waals surface area (Å²) in [6.07, 6.45) is 5.41. The standard InChI is InChI=1S/C14H21N3O/c1-10-7-13(9-16-8-10)14(18)17-5-3-12(4-6-17)11(2)15/h7-9,11-12H,3-6,15H2,1-2H3. The van der Waals surface area contributed by atoms with Crippen molar-refractivity contribution in [3.05, 3.63) is 29.6 Å². The maximum absolute atomic E-state index is 12.3. The number of piperidine rings is 1. The Bertz CT molecular complexity index is 423. The Labute approximate surface area is 108 Å². The van der Waals surface area contributed by atoms with E-state index in [1.54, 1.807) is 12.4 Å². The molecule has 0 spiro atoms. The van der Waals surface area contributed by atoms with Gasteiger partial charge in [0.05, 0.1) is 5.56 Å². The van der Waals surface area contributed by atoms with Gasteiger partial charge in [-0.05, 0) is 44.2 Å². The van der Waals surface area contributed by atoms with Crippen LogP contribution in [0.3, 0.4) is 0 Å². The van der Waals surface area contributed by atoms with E-state index in [2.05, 4.69) is 4.98 Å². The second-order valence-electron chi connectivity index (χ2n) is 5.24. The van der Waals surface area contributed by atoms with E-state index in [9.17, 15) is 4.79 Å². The molecule has 98 valence electrons. The van der Waals surface area contributed by atoms with Gasteiger partial charge in [-0.25, -0.2) is 0 Å². The minimum Gasteiger partial charge on any atom is -0.339 e. The van der Waals surface area contributed by atoms with E-state index < -0.39 is 0 Å². The van der Waals surface area contributed by atoms with Gasteiger partial charge in [0.2, 0.25) is 0 Å². The lowest BCUT2D eigenvalue weighted by atomic mass is 9.91. The quantitative estimate of drug-likeness (QED) is 0.863. The molecule has 18 heavy (non-hydrogen) atoms. The number of nitrogens with zero attached hydrogens (tertiary/aromatic N) is 2. The number of amides is 1. The number of rotatable bonds is 2. The Morgan fingerprint density at radius 1 is 1.44 bits per heavy atom. The molecule has 1 atom stereocenters. The second-order valence-corrected chi connectivity index (χ2v) is 5.24. The molecule has 1 aliphatic heterocycles. The molecule has 1 unspecified atom stereocenters. The van der Waals surface area contributed by atoms with E-state index in [0.29, 0.717) is 11.5 Å². The topological polar surface area (TPSA) is 59.2 Å². The van der Waals surface area contributed by atoms with E-state index >= 15 is 0 Å². The summed E-state index contributed by atoms with van der Waals surface area (Å²) in [5.74, 6) is 0.638. The van der Waals surface area contributed by atoms with Crippen molar-refractivity contribution < 1.29 is 4.79 Å². The summed E-state index contributed by atoms with van der Waals surface area (Å²) in [7, 11) is 0. The summed E-state index contributed by atoms with van der Waals surface area (Å²) in [4.78, 5) is 18.3. The molecular weight excluding hydrogens is 226 g/mol. The fourth-order valence-corrected chi connectivity index (χ4v) is 2.48. The van der Waals surface area contributed by atoms with Crippen molar-refractivity contribution in [2.45, 2.75) is 32.7 Å². The number of hydrogen-bond acceptors (Lipinski definition) is 3. The van der Waals surface area contributed by atoms with Gasteiger partial charge in [0.25, 0.3) is 5.91 Å². The van der Waals surface area contributed by atoms with E-state index in [0.717, 1.165) is 31.5 Å². The van der Waals surface area contributed by atoms with Crippen molar-refractivity contribution >= 4 is 5.91 Å². The van der Waals surface area contributed by atoms with Crippen molar-refractivity contribution in [1.82, 2.24) is 9.88 Å². The maximum Gasteiger partial charge on any atom is 0.255 e. The second kappa shape index (κ2) is 5.48. The molecule has 4 heteroatoms. The van der Waals surface area contributed by atoms with Crippen LogP contribution in [0.15, 0.2) is 18.5 Å². The van der Waals surface area contributed by atoms with Gasteiger partial charge in [-0.3, -0.25) is 9.78 Å². The zero-order chi connectivity index (χ0) is 13.1. The molecule has 0 bridgehead atoms. The highest BCUT2D eigenvalue weighted by atomic mass is 16.2. The molecule has 2 heterocycles. The SMILES string of the molecule is Cc1cncc(C(=O)N2CCC(C(C)N)CC2)c1. The summed E-state index contributed by atoms with van der Waals surface area (Å²) in [6, 6.07) is 2.12. The minimum atomic E-state index is 0.0920. The Morgan fingerprint density at radius 2 is 2.11 bits per heavy atom. The van der Waals surface area contributed by atoms with Crippen LogP contribution in [0.25, 0.3) is 0 Å². The first-order valence-corrected chi connectivity index (χ1v) is 6.54. The van der Waals surface area contributed by atoms with Crippen LogP contribution in [0.1, 0.15) is 35.7 Å². The molecule has 1 saturated heterocycles. The molecule has 0 aromatic carbocycles. The van der Waals surface area contributed by atoms with Crippen LogP contribution in [-0.4, -0.2) is 34.9 Å². The zero-order valence-corrected chi connectivity index (χ0v) is 11.1. The Hall–Kier alpha value is -1.42. The monoisotopic (exact) mass is 247 g/mol. The van der Waals surface area contributed by atoms with Crippen molar-refractivity contribution in [2.24, 2.45) is 11.7 Å². The predicted octanol–water partition coefficient (Wildman–Crippen LogP) is 1.59. The lowest BCUT2D eigenvalue weighted by Gasteiger charge is -2.33. The molecule has 2 rings (SSSR count). The smallest absolute Gasteiger partial charge is 0.255 e. The number of carbonyl (C=O) groups is 1. The first kappa shape index (κ1) is 13.0. The normalized spacial score (nSPS) is 18.7.